The first-order chi connectivity index (χ1) is 10.6. The molecular weight excluding hydrogens is 278 g/mol. The van der Waals surface area contributed by atoms with E-state index in [4.69, 9.17) is 0 Å². The van der Waals surface area contributed by atoms with Gasteiger partial charge in [0.05, 0.1) is 0 Å². The van der Waals surface area contributed by atoms with Gasteiger partial charge in [-0.3, -0.25) is 9.36 Å². The van der Waals surface area contributed by atoms with Crippen molar-refractivity contribution in [3.63, 3.8) is 0 Å². The van der Waals surface area contributed by atoms with Gasteiger partial charge >= 0.3 is 5.69 Å². The Labute approximate surface area is 129 Å². The summed E-state index contributed by atoms with van der Waals surface area (Å²) in [6.07, 6.45) is 4.07. The van der Waals surface area contributed by atoms with Crippen LogP contribution in [0.5, 0.6) is 0 Å². The second-order valence-corrected chi connectivity index (χ2v) is 6.02. The van der Waals surface area contributed by atoms with Crippen LogP contribution < -0.4 is 16.6 Å². The summed E-state index contributed by atoms with van der Waals surface area (Å²) in [5.74, 6) is 0.638. The molecule has 0 bridgehead atoms. The molecule has 1 fully saturated rings. The molecule has 0 saturated heterocycles. The van der Waals surface area contributed by atoms with Crippen molar-refractivity contribution in [3.8, 4) is 0 Å². The van der Waals surface area contributed by atoms with Crippen molar-refractivity contribution in [3.05, 3.63) is 68.5 Å². The number of rotatable bonds is 5. The Morgan fingerprint density at radius 2 is 1.86 bits per heavy atom. The molecule has 0 radical (unpaired) electrons. The molecule has 1 N–H and O–H groups in total. The van der Waals surface area contributed by atoms with E-state index in [1.807, 2.05) is 18.2 Å². The van der Waals surface area contributed by atoms with Gasteiger partial charge in [-0.05, 0) is 24.3 Å². The summed E-state index contributed by atoms with van der Waals surface area (Å²) in [5.41, 5.74) is 1.35. The molecule has 5 nitrogen and oxygen atoms in total. The maximum Gasteiger partial charge on any atom is 0.330 e. The predicted molar refractivity (Wildman–Crippen MR) is 85.7 cm³/mol. The number of aryl methyl sites for hydroxylation is 1. The van der Waals surface area contributed by atoms with E-state index in [9.17, 15) is 9.59 Å². The molecule has 1 aliphatic carbocycles. The minimum atomic E-state index is -0.296. The smallest absolute Gasteiger partial charge is 0.305 e. The van der Waals surface area contributed by atoms with Crippen molar-refractivity contribution < 1.29 is 0 Å². The van der Waals surface area contributed by atoms with Crippen molar-refractivity contribution >= 4 is 0 Å². The fraction of sp³-hybridized carbons (Fsp3) is 0.412. The Morgan fingerprint density at radius 1 is 1.18 bits per heavy atom. The lowest BCUT2D eigenvalue weighted by molar-refractivity contribution is 0.475. The Kier molecular flexibility index (Phi) is 3.98. The molecule has 22 heavy (non-hydrogen) atoms. The van der Waals surface area contributed by atoms with Crippen LogP contribution in [0.4, 0.5) is 0 Å². The number of hydrogen-bond donors (Lipinski definition) is 1. The van der Waals surface area contributed by atoms with Crippen LogP contribution >= 0.6 is 0 Å². The van der Waals surface area contributed by atoms with Gasteiger partial charge in [0.2, 0.25) is 0 Å². The van der Waals surface area contributed by atoms with Crippen LogP contribution in [0.25, 0.3) is 0 Å². The highest BCUT2D eigenvalue weighted by Gasteiger charge is 2.31. The van der Waals surface area contributed by atoms with E-state index in [-0.39, 0.29) is 17.3 Å². The second-order valence-electron chi connectivity index (χ2n) is 6.02. The van der Waals surface area contributed by atoms with Crippen LogP contribution in [0.2, 0.25) is 0 Å². The monoisotopic (exact) mass is 299 g/mol. The topological polar surface area (TPSA) is 56.0 Å². The van der Waals surface area contributed by atoms with Gasteiger partial charge in [-0.2, -0.15) is 0 Å². The van der Waals surface area contributed by atoms with Crippen molar-refractivity contribution in [1.82, 2.24) is 14.5 Å². The van der Waals surface area contributed by atoms with Gasteiger partial charge in [0, 0.05) is 38.4 Å². The third-order valence-electron chi connectivity index (χ3n) is 4.28. The standard InChI is InChI=1S/C17H21N3O2/c1-19-11-14(16(21)20(2)17(19)22)10-18-15(13-8-9-13)12-6-4-3-5-7-12/h3-7,11,13,15,18H,8-10H2,1-2H3. The molecule has 3 rings (SSSR count). The van der Waals surface area contributed by atoms with E-state index >= 15 is 0 Å². The van der Waals surface area contributed by atoms with Crippen LogP contribution in [0.15, 0.2) is 46.1 Å². The summed E-state index contributed by atoms with van der Waals surface area (Å²) >= 11 is 0. The molecule has 1 heterocycles. The van der Waals surface area contributed by atoms with Crippen LogP contribution in [0, 0.1) is 5.92 Å². The Hall–Kier alpha value is -2.14. The van der Waals surface area contributed by atoms with E-state index in [0.717, 1.165) is 4.57 Å². The van der Waals surface area contributed by atoms with Crippen molar-refractivity contribution in [2.45, 2.75) is 25.4 Å². The summed E-state index contributed by atoms with van der Waals surface area (Å²) in [5, 5.41) is 3.50. The van der Waals surface area contributed by atoms with Gasteiger partial charge in [-0.15, -0.1) is 0 Å². The average Bonchev–Trinajstić information content (AvgIpc) is 3.36. The van der Waals surface area contributed by atoms with E-state index in [1.54, 1.807) is 13.2 Å². The second kappa shape index (κ2) is 5.93. The zero-order valence-electron chi connectivity index (χ0n) is 13.0. The summed E-state index contributed by atoms with van der Waals surface area (Å²) in [6, 6.07) is 10.6. The fourth-order valence-corrected chi connectivity index (χ4v) is 2.87. The third kappa shape index (κ3) is 2.90. The van der Waals surface area contributed by atoms with Gasteiger partial charge < -0.3 is 9.88 Å². The first-order valence-corrected chi connectivity index (χ1v) is 7.62. The summed E-state index contributed by atoms with van der Waals surface area (Å²) in [7, 11) is 3.19. The Bertz CT molecular complexity index is 773. The number of aromatic nitrogens is 2. The third-order valence-corrected chi connectivity index (χ3v) is 4.28. The minimum Gasteiger partial charge on any atom is -0.305 e. The van der Waals surface area contributed by atoms with E-state index in [1.165, 1.54) is 30.0 Å². The highest BCUT2D eigenvalue weighted by molar-refractivity contribution is 5.21. The molecule has 1 aliphatic rings. The van der Waals surface area contributed by atoms with E-state index in [2.05, 4.69) is 17.4 Å². The fourth-order valence-electron chi connectivity index (χ4n) is 2.87. The van der Waals surface area contributed by atoms with Crippen LogP contribution in [0.3, 0.4) is 0 Å². The lowest BCUT2D eigenvalue weighted by atomic mass is 10.0. The van der Waals surface area contributed by atoms with Crippen LogP contribution in [-0.4, -0.2) is 9.13 Å². The zero-order valence-corrected chi connectivity index (χ0v) is 13.0. The molecule has 116 valence electrons. The minimum absolute atomic E-state index is 0.224. The van der Waals surface area contributed by atoms with Gasteiger partial charge in [0.1, 0.15) is 0 Å². The van der Waals surface area contributed by atoms with Crippen LogP contribution in [-0.2, 0) is 20.6 Å². The lowest BCUT2D eigenvalue weighted by Gasteiger charge is -2.19. The van der Waals surface area contributed by atoms with Crippen molar-refractivity contribution in [1.29, 1.82) is 0 Å². The van der Waals surface area contributed by atoms with Gasteiger partial charge in [-0.1, -0.05) is 30.3 Å². The predicted octanol–water partition coefficient (Wildman–Crippen LogP) is 1.32. The summed E-state index contributed by atoms with van der Waals surface area (Å²) in [6.45, 7) is 0.469. The molecule has 1 aromatic carbocycles. The molecular formula is C17H21N3O2. The Morgan fingerprint density at radius 3 is 2.50 bits per heavy atom. The molecule has 1 unspecified atom stereocenters. The highest BCUT2D eigenvalue weighted by atomic mass is 16.2. The molecule has 2 aromatic rings. The number of hydrogen-bond acceptors (Lipinski definition) is 3. The number of nitrogens with one attached hydrogen (secondary N) is 1. The Balaban J connectivity index is 1.82. The summed E-state index contributed by atoms with van der Waals surface area (Å²) in [4.78, 5) is 23.9. The van der Waals surface area contributed by atoms with Crippen molar-refractivity contribution in [2.75, 3.05) is 0 Å². The molecule has 0 spiro atoms. The average molecular weight is 299 g/mol. The van der Waals surface area contributed by atoms with Crippen LogP contribution in [0.1, 0.15) is 30.0 Å². The maximum atomic E-state index is 12.2. The van der Waals surface area contributed by atoms with Crippen molar-refractivity contribution in [2.24, 2.45) is 20.0 Å². The molecule has 5 heteroatoms. The first kappa shape index (κ1) is 14.8. The normalized spacial score (nSPS) is 15.7. The molecule has 1 saturated carbocycles. The zero-order chi connectivity index (χ0) is 15.7. The van der Waals surface area contributed by atoms with Gasteiger partial charge in [0.15, 0.2) is 0 Å². The number of nitrogens with zero attached hydrogens (tertiary/aromatic N) is 2. The largest absolute Gasteiger partial charge is 0.330 e. The molecule has 0 aliphatic heterocycles. The molecule has 1 atom stereocenters. The summed E-state index contributed by atoms with van der Waals surface area (Å²) < 4.78 is 2.61. The number of benzene rings is 1. The quantitative estimate of drug-likeness (QED) is 0.906. The highest BCUT2D eigenvalue weighted by Crippen LogP contribution is 2.40. The van der Waals surface area contributed by atoms with E-state index < -0.39 is 0 Å². The molecule has 1 aromatic heterocycles. The maximum absolute atomic E-state index is 12.2. The van der Waals surface area contributed by atoms with Gasteiger partial charge in [-0.25, -0.2) is 4.79 Å². The molecule has 0 amide bonds. The SMILES string of the molecule is Cn1cc(CNC(c2ccccc2)C2CC2)c(=O)n(C)c1=O. The lowest BCUT2D eigenvalue weighted by Crippen LogP contribution is -2.39. The van der Waals surface area contributed by atoms with Gasteiger partial charge in [0.25, 0.3) is 5.56 Å². The van der Waals surface area contributed by atoms with E-state index in [0.29, 0.717) is 18.0 Å². The first-order valence-electron chi connectivity index (χ1n) is 7.62.